The summed E-state index contributed by atoms with van der Waals surface area (Å²) in [7, 11) is 0. The minimum absolute atomic E-state index is 0.156. The number of hydrogen-bond donors (Lipinski definition) is 2. The maximum atomic E-state index is 11.8. The maximum Gasteiger partial charge on any atom is 0.268 e. The summed E-state index contributed by atoms with van der Waals surface area (Å²) >= 11 is 12.4. The highest BCUT2D eigenvalue weighted by atomic mass is 79.9. The Balaban J connectivity index is 1.98. The molecular weight excluding hydrogens is 383 g/mol. The zero-order valence-corrected chi connectivity index (χ0v) is 13.1. The van der Waals surface area contributed by atoms with Gasteiger partial charge in [0, 0.05) is 11.6 Å². The molecule has 0 spiro atoms. The van der Waals surface area contributed by atoms with Crippen LogP contribution in [0, 0.1) is 0 Å². The van der Waals surface area contributed by atoms with Crippen LogP contribution in [0.4, 0.5) is 0 Å². The van der Waals surface area contributed by atoms with Gasteiger partial charge in [-0.3, -0.25) is 4.79 Å². The monoisotopic (exact) mass is 390 g/mol. The molecule has 1 heterocycles. The first kappa shape index (κ1) is 13.6. The van der Waals surface area contributed by atoms with Crippen LogP contribution in [0.3, 0.4) is 0 Å². The van der Waals surface area contributed by atoms with E-state index in [0.29, 0.717) is 17.3 Å². The van der Waals surface area contributed by atoms with E-state index in [0.717, 1.165) is 14.6 Å². The lowest BCUT2D eigenvalue weighted by Gasteiger charge is -2.04. The third-order valence-electron chi connectivity index (χ3n) is 2.34. The van der Waals surface area contributed by atoms with E-state index >= 15 is 0 Å². The van der Waals surface area contributed by atoms with E-state index in [4.69, 9.17) is 11.6 Å². The van der Waals surface area contributed by atoms with Crippen molar-refractivity contribution in [2.75, 3.05) is 0 Å². The van der Waals surface area contributed by atoms with Crippen LogP contribution in [0.2, 0.25) is 5.02 Å². The van der Waals surface area contributed by atoms with E-state index in [2.05, 4.69) is 42.2 Å². The number of halogens is 3. The fourth-order valence-electron chi connectivity index (χ4n) is 1.41. The summed E-state index contributed by atoms with van der Waals surface area (Å²) in [6, 6.07) is 9.07. The van der Waals surface area contributed by atoms with Crippen molar-refractivity contribution in [3.63, 3.8) is 0 Å². The summed E-state index contributed by atoms with van der Waals surface area (Å²) in [4.78, 5) is 14.8. The fourth-order valence-corrected chi connectivity index (χ4v) is 2.19. The highest BCUT2D eigenvalue weighted by Gasteiger charge is 2.10. The standard InChI is InChI=1S/C12H9Br2ClN2O/c13-9-5-10(17-11(9)14)12(18)16-6-7-1-3-8(15)4-2-7/h1-5,17H,6H2,(H,16,18). The Kier molecular flexibility index (Phi) is 4.48. The van der Waals surface area contributed by atoms with Gasteiger partial charge in [0.15, 0.2) is 0 Å². The van der Waals surface area contributed by atoms with Crippen LogP contribution in [0.5, 0.6) is 0 Å². The first-order valence-electron chi connectivity index (χ1n) is 5.13. The molecule has 0 aliphatic rings. The Morgan fingerprint density at radius 3 is 2.50 bits per heavy atom. The highest BCUT2D eigenvalue weighted by molar-refractivity contribution is 9.13. The Bertz CT molecular complexity index is 546. The molecule has 0 bridgehead atoms. The number of carbonyl (C=O) groups excluding carboxylic acids is 1. The van der Waals surface area contributed by atoms with Gasteiger partial charge < -0.3 is 10.3 Å². The first-order valence-corrected chi connectivity index (χ1v) is 7.09. The van der Waals surface area contributed by atoms with Crippen LogP contribution in [0.1, 0.15) is 16.1 Å². The summed E-state index contributed by atoms with van der Waals surface area (Å²) in [6.45, 7) is 0.463. The van der Waals surface area contributed by atoms with Gasteiger partial charge in [-0.15, -0.1) is 0 Å². The molecule has 0 saturated carbocycles. The molecule has 2 N–H and O–H groups in total. The van der Waals surface area contributed by atoms with E-state index in [1.807, 2.05) is 12.1 Å². The van der Waals surface area contributed by atoms with Gasteiger partial charge in [0.2, 0.25) is 0 Å². The summed E-state index contributed by atoms with van der Waals surface area (Å²) in [5, 5.41) is 3.50. The van der Waals surface area contributed by atoms with E-state index in [1.54, 1.807) is 18.2 Å². The molecule has 0 aliphatic heterocycles. The average Bonchev–Trinajstić information content (AvgIpc) is 2.69. The molecule has 18 heavy (non-hydrogen) atoms. The zero-order valence-electron chi connectivity index (χ0n) is 9.14. The summed E-state index contributed by atoms with van der Waals surface area (Å²) < 4.78 is 1.57. The third-order valence-corrected chi connectivity index (χ3v) is 4.37. The van der Waals surface area contributed by atoms with Crippen molar-refractivity contribution < 1.29 is 4.79 Å². The molecule has 3 nitrogen and oxygen atoms in total. The number of rotatable bonds is 3. The number of H-pyrrole nitrogens is 1. The highest BCUT2D eigenvalue weighted by Crippen LogP contribution is 2.23. The van der Waals surface area contributed by atoms with Gasteiger partial charge in [0.1, 0.15) is 5.69 Å². The quantitative estimate of drug-likeness (QED) is 0.811. The second-order valence-corrected chi connectivity index (χ2v) is 5.74. The van der Waals surface area contributed by atoms with Crippen LogP contribution < -0.4 is 5.32 Å². The number of nitrogens with one attached hydrogen (secondary N) is 2. The van der Waals surface area contributed by atoms with Crippen LogP contribution in [0.25, 0.3) is 0 Å². The van der Waals surface area contributed by atoms with Crippen LogP contribution in [0.15, 0.2) is 39.4 Å². The minimum atomic E-state index is -0.156. The second kappa shape index (κ2) is 5.91. The van der Waals surface area contributed by atoms with E-state index in [9.17, 15) is 4.79 Å². The molecule has 1 aromatic heterocycles. The number of hydrogen-bond acceptors (Lipinski definition) is 1. The van der Waals surface area contributed by atoms with Crippen molar-refractivity contribution in [1.29, 1.82) is 0 Å². The number of benzene rings is 1. The maximum absolute atomic E-state index is 11.8. The lowest BCUT2D eigenvalue weighted by atomic mass is 10.2. The van der Waals surface area contributed by atoms with Gasteiger partial charge >= 0.3 is 0 Å². The molecule has 1 aromatic carbocycles. The predicted octanol–water partition coefficient (Wildman–Crippen LogP) is 4.12. The van der Waals surface area contributed by atoms with Gasteiger partial charge in [0.05, 0.1) is 9.08 Å². The SMILES string of the molecule is O=C(NCc1ccc(Cl)cc1)c1cc(Br)c(Br)[nH]1. The summed E-state index contributed by atoms with van der Waals surface area (Å²) in [5.41, 5.74) is 1.50. The molecule has 0 saturated heterocycles. The topological polar surface area (TPSA) is 44.9 Å². The molecule has 0 atom stereocenters. The second-order valence-electron chi connectivity index (χ2n) is 3.65. The van der Waals surface area contributed by atoms with Crippen molar-refractivity contribution in [2.45, 2.75) is 6.54 Å². The molecule has 2 rings (SSSR count). The molecule has 0 unspecified atom stereocenters. The number of aromatic amines is 1. The lowest BCUT2D eigenvalue weighted by molar-refractivity contribution is 0.0946. The largest absolute Gasteiger partial charge is 0.347 e. The van der Waals surface area contributed by atoms with Crippen molar-refractivity contribution >= 4 is 49.4 Å². The molecule has 94 valence electrons. The van der Waals surface area contributed by atoms with Gasteiger partial charge in [-0.25, -0.2) is 0 Å². The molecule has 1 amide bonds. The first-order chi connectivity index (χ1) is 8.56. The zero-order chi connectivity index (χ0) is 13.1. The molecule has 2 aromatic rings. The molecular formula is C12H9Br2ClN2O. The van der Waals surface area contributed by atoms with Crippen molar-refractivity contribution in [3.05, 3.63) is 55.7 Å². The predicted molar refractivity (Wildman–Crippen MR) is 78.8 cm³/mol. The Hall–Kier alpha value is -0.780. The van der Waals surface area contributed by atoms with Crippen molar-refractivity contribution in [2.24, 2.45) is 0 Å². The average molecular weight is 392 g/mol. The van der Waals surface area contributed by atoms with Crippen LogP contribution >= 0.6 is 43.5 Å². The minimum Gasteiger partial charge on any atom is -0.347 e. The molecule has 0 aliphatic carbocycles. The van der Waals surface area contributed by atoms with Crippen LogP contribution in [-0.4, -0.2) is 10.9 Å². The normalized spacial score (nSPS) is 10.4. The smallest absolute Gasteiger partial charge is 0.268 e. The Morgan fingerprint density at radius 2 is 1.94 bits per heavy atom. The van der Waals surface area contributed by atoms with Crippen molar-refractivity contribution in [3.8, 4) is 0 Å². The lowest BCUT2D eigenvalue weighted by Crippen LogP contribution is -2.23. The Labute approximate surface area is 126 Å². The fraction of sp³-hybridized carbons (Fsp3) is 0.0833. The van der Waals surface area contributed by atoms with E-state index in [1.165, 1.54) is 0 Å². The molecule has 0 radical (unpaired) electrons. The van der Waals surface area contributed by atoms with E-state index in [-0.39, 0.29) is 5.91 Å². The van der Waals surface area contributed by atoms with Gasteiger partial charge in [-0.1, -0.05) is 23.7 Å². The van der Waals surface area contributed by atoms with Crippen LogP contribution in [-0.2, 0) is 6.54 Å². The van der Waals surface area contributed by atoms with Gasteiger partial charge in [-0.05, 0) is 55.6 Å². The Morgan fingerprint density at radius 1 is 1.28 bits per heavy atom. The van der Waals surface area contributed by atoms with Gasteiger partial charge in [0.25, 0.3) is 5.91 Å². The summed E-state index contributed by atoms with van der Waals surface area (Å²) in [6.07, 6.45) is 0. The molecule has 6 heteroatoms. The summed E-state index contributed by atoms with van der Waals surface area (Å²) in [5.74, 6) is -0.156. The number of aromatic nitrogens is 1. The van der Waals surface area contributed by atoms with E-state index < -0.39 is 0 Å². The van der Waals surface area contributed by atoms with Gasteiger partial charge in [-0.2, -0.15) is 0 Å². The molecule has 0 fully saturated rings. The number of amides is 1. The number of carbonyl (C=O) groups is 1. The third kappa shape index (κ3) is 3.37. The van der Waals surface area contributed by atoms with Crippen molar-refractivity contribution in [1.82, 2.24) is 10.3 Å².